The molecule has 0 fully saturated rings. The van der Waals surface area contributed by atoms with Crippen molar-refractivity contribution >= 4 is 27.4 Å². The quantitative estimate of drug-likeness (QED) is 0.499. The monoisotopic (exact) mass is 362 g/mol. The van der Waals surface area contributed by atoms with Crippen LogP contribution < -0.4 is 10.6 Å². The molecule has 0 saturated carbocycles. The first-order valence-corrected chi connectivity index (χ1v) is 9.71. The zero-order chi connectivity index (χ0) is 18.2. The van der Waals surface area contributed by atoms with Gasteiger partial charge in [0.1, 0.15) is 6.10 Å². The van der Waals surface area contributed by atoms with Crippen molar-refractivity contribution in [1.82, 2.24) is 15.5 Å². The minimum absolute atomic E-state index is 0.349. The highest BCUT2D eigenvalue weighted by atomic mass is 32.1. The number of guanidine groups is 1. The fourth-order valence-electron chi connectivity index (χ4n) is 2.38. The highest BCUT2D eigenvalue weighted by Gasteiger charge is 2.11. The van der Waals surface area contributed by atoms with Gasteiger partial charge < -0.3 is 20.6 Å². The van der Waals surface area contributed by atoms with Gasteiger partial charge in [0.15, 0.2) is 5.96 Å². The Labute approximate surface area is 154 Å². The molecule has 1 heterocycles. The van der Waals surface area contributed by atoms with Crippen LogP contribution in [0.5, 0.6) is 0 Å². The summed E-state index contributed by atoms with van der Waals surface area (Å²) in [6.07, 6.45) is -0.578. The van der Waals surface area contributed by atoms with Crippen molar-refractivity contribution in [2.24, 2.45) is 4.99 Å². The zero-order valence-corrected chi connectivity index (χ0v) is 16.4. The zero-order valence-electron chi connectivity index (χ0n) is 15.6. The first kappa shape index (κ1) is 19.7. The third-order valence-electron chi connectivity index (χ3n) is 4.18. The predicted octanol–water partition coefficient (Wildman–Crippen LogP) is 2.83. The molecule has 25 heavy (non-hydrogen) atoms. The molecule has 0 spiro atoms. The van der Waals surface area contributed by atoms with Crippen molar-refractivity contribution in [3.8, 4) is 0 Å². The Morgan fingerprint density at radius 2 is 2.04 bits per heavy atom. The molecule has 1 aromatic carbocycles. The van der Waals surface area contributed by atoms with Crippen LogP contribution in [0, 0.1) is 0 Å². The standard InChI is InChI=1S/C19H30N4OS/c1-5-20-19(21-10-11-23(4)14(2)3)22-13-16(24)18-12-15-8-6-7-9-17(15)25-18/h6-9,12,14,16,24H,5,10-11,13H2,1-4H3,(H2,20,21,22). The number of hydrogen-bond acceptors (Lipinski definition) is 4. The van der Waals surface area contributed by atoms with Crippen molar-refractivity contribution in [3.63, 3.8) is 0 Å². The molecule has 0 aliphatic heterocycles. The van der Waals surface area contributed by atoms with Crippen LogP contribution in [0.2, 0.25) is 0 Å². The first-order chi connectivity index (χ1) is 12.0. The van der Waals surface area contributed by atoms with Crippen molar-refractivity contribution in [1.29, 1.82) is 0 Å². The number of fused-ring (bicyclic) bond motifs is 1. The van der Waals surface area contributed by atoms with Gasteiger partial charge in [-0.3, -0.25) is 4.99 Å². The normalized spacial score (nSPS) is 13.6. The van der Waals surface area contributed by atoms with Gasteiger partial charge in [0.2, 0.25) is 0 Å². The van der Waals surface area contributed by atoms with Gasteiger partial charge in [0.05, 0.1) is 6.54 Å². The van der Waals surface area contributed by atoms with Gasteiger partial charge in [0, 0.05) is 35.3 Å². The van der Waals surface area contributed by atoms with Gasteiger partial charge in [-0.25, -0.2) is 0 Å². The van der Waals surface area contributed by atoms with Crippen molar-refractivity contribution < 1.29 is 5.11 Å². The molecule has 1 atom stereocenters. The summed E-state index contributed by atoms with van der Waals surface area (Å²) >= 11 is 1.63. The Morgan fingerprint density at radius 3 is 2.72 bits per heavy atom. The third kappa shape index (κ3) is 5.99. The topological polar surface area (TPSA) is 59.9 Å². The van der Waals surface area contributed by atoms with Crippen molar-refractivity contribution in [3.05, 3.63) is 35.2 Å². The Kier molecular flexibility index (Phi) is 7.68. The highest BCUT2D eigenvalue weighted by Crippen LogP contribution is 2.29. The largest absolute Gasteiger partial charge is 0.386 e. The van der Waals surface area contributed by atoms with Crippen LogP contribution in [0.3, 0.4) is 0 Å². The second kappa shape index (κ2) is 9.75. The molecule has 0 aliphatic rings. The molecule has 138 valence electrons. The molecular formula is C19H30N4OS. The van der Waals surface area contributed by atoms with Gasteiger partial charge in [-0.1, -0.05) is 18.2 Å². The minimum atomic E-state index is -0.578. The lowest BCUT2D eigenvalue weighted by atomic mass is 10.2. The van der Waals surface area contributed by atoms with Gasteiger partial charge in [-0.05, 0) is 45.3 Å². The lowest BCUT2D eigenvalue weighted by molar-refractivity contribution is 0.191. The summed E-state index contributed by atoms with van der Waals surface area (Å²) in [5.41, 5.74) is 0. The molecule has 3 N–H and O–H groups in total. The fourth-order valence-corrected chi connectivity index (χ4v) is 3.43. The molecule has 2 aromatic rings. The number of benzene rings is 1. The average molecular weight is 363 g/mol. The van der Waals surface area contributed by atoms with Crippen LogP contribution in [-0.4, -0.2) is 55.2 Å². The summed E-state index contributed by atoms with van der Waals surface area (Å²) in [7, 11) is 2.11. The summed E-state index contributed by atoms with van der Waals surface area (Å²) in [6, 6.07) is 10.8. The third-order valence-corrected chi connectivity index (χ3v) is 5.40. The van der Waals surface area contributed by atoms with Gasteiger partial charge in [-0.2, -0.15) is 0 Å². The summed E-state index contributed by atoms with van der Waals surface area (Å²) in [6.45, 7) is 9.31. The SMILES string of the molecule is CCNC(=NCC(O)c1cc2ccccc2s1)NCCN(C)C(C)C. The molecule has 5 nitrogen and oxygen atoms in total. The molecule has 0 saturated heterocycles. The minimum Gasteiger partial charge on any atom is -0.386 e. The number of nitrogens with zero attached hydrogens (tertiary/aromatic N) is 2. The molecule has 0 aliphatic carbocycles. The maximum atomic E-state index is 10.5. The van der Waals surface area contributed by atoms with E-state index in [2.05, 4.69) is 59.6 Å². The molecule has 1 aromatic heterocycles. The average Bonchev–Trinajstić information content (AvgIpc) is 3.03. The van der Waals surface area contributed by atoms with Gasteiger partial charge in [-0.15, -0.1) is 11.3 Å². The molecule has 0 amide bonds. The van der Waals surface area contributed by atoms with E-state index in [-0.39, 0.29) is 0 Å². The Balaban J connectivity index is 1.92. The van der Waals surface area contributed by atoms with Gasteiger partial charge >= 0.3 is 0 Å². The summed E-state index contributed by atoms with van der Waals surface area (Å²) in [4.78, 5) is 7.77. The number of hydrogen-bond donors (Lipinski definition) is 3. The number of nitrogens with one attached hydrogen (secondary N) is 2. The number of aliphatic imine (C=N–C) groups is 1. The summed E-state index contributed by atoms with van der Waals surface area (Å²) in [5, 5.41) is 18.2. The number of thiophene rings is 1. The second-order valence-electron chi connectivity index (χ2n) is 6.42. The second-order valence-corrected chi connectivity index (χ2v) is 7.54. The summed E-state index contributed by atoms with van der Waals surface area (Å²) in [5.74, 6) is 0.750. The number of likely N-dealkylation sites (N-methyl/N-ethyl adjacent to an activating group) is 1. The lowest BCUT2D eigenvalue weighted by Crippen LogP contribution is -2.42. The molecule has 1 unspecified atom stereocenters. The fraction of sp³-hybridized carbons (Fsp3) is 0.526. The Bertz CT molecular complexity index is 650. The van der Waals surface area contributed by atoms with E-state index in [4.69, 9.17) is 0 Å². The van der Waals surface area contributed by atoms with E-state index in [1.807, 2.05) is 19.1 Å². The van der Waals surface area contributed by atoms with Crippen LogP contribution in [-0.2, 0) is 0 Å². The molecule has 0 bridgehead atoms. The number of aliphatic hydroxyl groups excluding tert-OH is 1. The predicted molar refractivity (Wildman–Crippen MR) is 109 cm³/mol. The van der Waals surface area contributed by atoms with Crippen LogP contribution >= 0.6 is 11.3 Å². The van der Waals surface area contributed by atoms with E-state index in [9.17, 15) is 5.11 Å². The molecular weight excluding hydrogens is 332 g/mol. The first-order valence-electron chi connectivity index (χ1n) is 8.90. The number of rotatable bonds is 8. The molecule has 2 rings (SSSR count). The maximum Gasteiger partial charge on any atom is 0.191 e. The van der Waals surface area contributed by atoms with Gasteiger partial charge in [0.25, 0.3) is 0 Å². The lowest BCUT2D eigenvalue weighted by Gasteiger charge is -2.21. The highest BCUT2D eigenvalue weighted by molar-refractivity contribution is 7.19. The van der Waals surface area contributed by atoms with E-state index in [0.29, 0.717) is 12.6 Å². The van der Waals surface area contributed by atoms with E-state index in [1.54, 1.807) is 11.3 Å². The molecule has 0 radical (unpaired) electrons. The van der Waals surface area contributed by atoms with Crippen molar-refractivity contribution in [2.75, 3.05) is 33.2 Å². The number of aliphatic hydroxyl groups is 1. The molecule has 6 heteroatoms. The summed E-state index contributed by atoms with van der Waals surface area (Å²) < 4.78 is 1.20. The van der Waals surface area contributed by atoms with Crippen LogP contribution in [0.15, 0.2) is 35.3 Å². The Morgan fingerprint density at radius 1 is 1.28 bits per heavy atom. The van der Waals surface area contributed by atoms with Crippen molar-refractivity contribution in [2.45, 2.75) is 32.9 Å². The van der Waals surface area contributed by atoms with Crippen LogP contribution in [0.1, 0.15) is 31.8 Å². The van der Waals surface area contributed by atoms with E-state index >= 15 is 0 Å². The smallest absolute Gasteiger partial charge is 0.191 e. The van der Waals surface area contributed by atoms with E-state index in [0.717, 1.165) is 30.5 Å². The van der Waals surface area contributed by atoms with Crippen LogP contribution in [0.25, 0.3) is 10.1 Å². The van der Waals surface area contributed by atoms with E-state index in [1.165, 1.54) is 10.1 Å². The van der Waals surface area contributed by atoms with E-state index < -0.39 is 6.10 Å². The maximum absolute atomic E-state index is 10.5. The Hall–Kier alpha value is -1.63. The van der Waals surface area contributed by atoms with Crippen LogP contribution in [0.4, 0.5) is 0 Å².